The number of hydrogen-bond donors (Lipinski definition) is 1. The van der Waals surface area contributed by atoms with Gasteiger partial charge in [-0.05, 0) is 68.5 Å². The van der Waals surface area contributed by atoms with Gasteiger partial charge in [-0.25, -0.2) is 0 Å². The number of rotatable bonds is 3. The fourth-order valence-corrected chi connectivity index (χ4v) is 5.06. The van der Waals surface area contributed by atoms with E-state index < -0.39 is 0 Å². The molecule has 1 N–H and O–H groups in total. The second-order valence-electron chi connectivity index (χ2n) is 7.61. The predicted octanol–water partition coefficient (Wildman–Crippen LogP) is 3.78. The maximum atomic E-state index is 3.67. The van der Waals surface area contributed by atoms with Gasteiger partial charge in [0.1, 0.15) is 0 Å². The predicted molar refractivity (Wildman–Crippen MR) is 88.6 cm³/mol. The Labute approximate surface area is 128 Å². The van der Waals surface area contributed by atoms with Crippen LogP contribution in [0.2, 0.25) is 0 Å². The van der Waals surface area contributed by atoms with Gasteiger partial charge in [0.2, 0.25) is 0 Å². The summed E-state index contributed by atoms with van der Waals surface area (Å²) in [7, 11) is 2.36. The quantitative estimate of drug-likeness (QED) is 0.908. The zero-order valence-electron chi connectivity index (χ0n) is 13.2. The minimum Gasteiger partial charge on any atom is -0.383 e. The Morgan fingerprint density at radius 1 is 1.14 bits per heavy atom. The summed E-state index contributed by atoms with van der Waals surface area (Å²) in [6.07, 6.45) is 8.58. The molecule has 1 heterocycles. The Morgan fingerprint density at radius 2 is 2.05 bits per heavy atom. The zero-order valence-corrected chi connectivity index (χ0v) is 13.2. The number of nitrogens with zero attached hydrogens (tertiary/aromatic N) is 1. The summed E-state index contributed by atoms with van der Waals surface area (Å²) >= 11 is 0. The molecular weight excluding hydrogens is 256 g/mol. The van der Waals surface area contributed by atoms with E-state index in [0.717, 1.165) is 24.3 Å². The van der Waals surface area contributed by atoms with Gasteiger partial charge < -0.3 is 10.2 Å². The molecule has 0 amide bonds. The van der Waals surface area contributed by atoms with E-state index >= 15 is 0 Å². The van der Waals surface area contributed by atoms with E-state index in [-0.39, 0.29) is 0 Å². The van der Waals surface area contributed by atoms with Crippen molar-refractivity contribution in [2.75, 3.05) is 25.5 Å². The first kappa shape index (κ1) is 13.6. The van der Waals surface area contributed by atoms with Crippen LogP contribution in [0.4, 0.5) is 5.69 Å². The van der Waals surface area contributed by atoms with Crippen LogP contribution in [0, 0.1) is 17.8 Å². The van der Waals surface area contributed by atoms with Gasteiger partial charge in [-0.2, -0.15) is 0 Å². The van der Waals surface area contributed by atoms with Gasteiger partial charge in [-0.15, -0.1) is 0 Å². The maximum Gasteiger partial charge on any atom is 0.0373 e. The zero-order chi connectivity index (χ0) is 14.2. The highest BCUT2D eigenvalue weighted by molar-refractivity contribution is 5.52. The summed E-state index contributed by atoms with van der Waals surface area (Å²) in [6, 6.07) is 9.51. The molecule has 4 atom stereocenters. The Bertz CT molecular complexity index is 471. The van der Waals surface area contributed by atoms with Crippen LogP contribution in [-0.4, -0.2) is 31.1 Å². The molecule has 4 unspecified atom stereocenters. The van der Waals surface area contributed by atoms with Crippen LogP contribution in [0.15, 0.2) is 24.3 Å². The number of nitrogens with one attached hydrogen (secondary N) is 1. The third-order valence-corrected chi connectivity index (χ3v) is 6.32. The van der Waals surface area contributed by atoms with E-state index in [1.54, 1.807) is 0 Å². The van der Waals surface area contributed by atoms with E-state index in [1.807, 2.05) is 0 Å². The number of hydrogen-bond acceptors (Lipinski definition) is 2. The molecule has 3 aliphatic rings. The number of likely N-dealkylation sites (N-methyl/N-ethyl adjacent to an activating group) is 1. The minimum atomic E-state index is 0.691. The highest BCUT2D eigenvalue weighted by Gasteiger charge is 2.40. The topological polar surface area (TPSA) is 15.3 Å². The van der Waals surface area contributed by atoms with Crippen molar-refractivity contribution in [3.05, 3.63) is 29.8 Å². The van der Waals surface area contributed by atoms with E-state index in [4.69, 9.17) is 0 Å². The summed E-state index contributed by atoms with van der Waals surface area (Å²) in [5.41, 5.74) is 2.85. The molecule has 21 heavy (non-hydrogen) atoms. The number of aryl methyl sites for hydroxylation is 1. The molecule has 0 spiro atoms. The van der Waals surface area contributed by atoms with Crippen molar-refractivity contribution in [2.45, 2.75) is 44.6 Å². The SMILES string of the molecule is CN(CC1CC2CCC1C2)C1CCc2ccccc2NC1. The summed E-state index contributed by atoms with van der Waals surface area (Å²) < 4.78 is 0. The van der Waals surface area contributed by atoms with Gasteiger partial charge >= 0.3 is 0 Å². The van der Waals surface area contributed by atoms with Crippen molar-refractivity contribution in [1.82, 2.24) is 4.90 Å². The molecular formula is C19H28N2. The molecule has 1 aromatic rings. The molecule has 1 aromatic carbocycles. The number of fused-ring (bicyclic) bond motifs is 3. The number of benzene rings is 1. The smallest absolute Gasteiger partial charge is 0.0373 e. The van der Waals surface area contributed by atoms with Gasteiger partial charge in [0.25, 0.3) is 0 Å². The molecule has 2 bridgehead atoms. The van der Waals surface area contributed by atoms with Gasteiger partial charge in [-0.1, -0.05) is 24.6 Å². The fraction of sp³-hybridized carbons (Fsp3) is 0.684. The normalized spacial score (nSPS) is 34.6. The van der Waals surface area contributed by atoms with Crippen molar-refractivity contribution < 1.29 is 0 Å². The molecule has 4 rings (SSSR count). The molecule has 0 radical (unpaired) electrons. The van der Waals surface area contributed by atoms with Gasteiger partial charge in [0.15, 0.2) is 0 Å². The summed E-state index contributed by atoms with van der Waals surface area (Å²) in [5.74, 6) is 3.11. The van der Waals surface area contributed by atoms with Crippen LogP contribution in [0.25, 0.3) is 0 Å². The van der Waals surface area contributed by atoms with Gasteiger partial charge in [0, 0.05) is 24.8 Å². The van der Waals surface area contributed by atoms with E-state index in [0.29, 0.717) is 6.04 Å². The lowest BCUT2D eigenvalue weighted by atomic mass is 9.88. The molecule has 2 nitrogen and oxygen atoms in total. The monoisotopic (exact) mass is 284 g/mol. The van der Waals surface area contributed by atoms with Crippen LogP contribution in [0.1, 0.15) is 37.7 Å². The largest absolute Gasteiger partial charge is 0.383 e. The number of anilines is 1. The Kier molecular flexibility index (Phi) is 3.66. The first-order valence-electron chi connectivity index (χ1n) is 8.81. The molecule has 2 heteroatoms. The van der Waals surface area contributed by atoms with Crippen LogP contribution < -0.4 is 5.32 Å². The summed E-state index contributed by atoms with van der Waals surface area (Å²) in [4.78, 5) is 2.66. The Balaban J connectivity index is 1.36. The standard InChI is InChI=1S/C19H28N2/c1-21(13-17-11-14-6-7-16(17)10-14)18-9-8-15-4-2-3-5-19(15)20-12-18/h2-5,14,16-18,20H,6-13H2,1H3. The van der Waals surface area contributed by atoms with Gasteiger partial charge in [-0.3, -0.25) is 0 Å². The van der Waals surface area contributed by atoms with E-state index in [2.05, 4.69) is 41.5 Å². The molecule has 1 aliphatic heterocycles. The average Bonchev–Trinajstić information content (AvgIpc) is 3.04. The lowest BCUT2D eigenvalue weighted by Crippen LogP contribution is -2.40. The van der Waals surface area contributed by atoms with Gasteiger partial charge in [0.05, 0.1) is 0 Å². The van der Waals surface area contributed by atoms with Crippen LogP contribution in [-0.2, 0) is 6.42 Å². The fourth-order valence-electron chi connectivity index (χ4n) is 5.06. The van der Waals surface area contributed by atoms with Crippen molar-refractivity contribution in [3.63, 3.8) is 0 Å². The number of para-hydroxylation sites is 1. The molecule has 114 valence electrons. The maximum absolute atomic E-state index is 3.67. The molecule has 2 saturated carbocycles. The lowest BCUT2D eigenvalue weighted by molar-refractivity contribution is 0.172. The average molecular weight is 284 g/mol. The van der Waals surface area contributed by atoms with Crippen LogP contribution in [0.3, 0.4) is 0 Å². The Morgan fingerprint density at radius 3 is 2.86 bits per heavy atom. The lowest BCUT2D eigenvalue weighted by Gasteiger charge is -2.32. The summed E-state index contributed by atoms with van der Waals surface area (Å²) in [5, 5.41) is 3.67. The van der Waals surface area contributed by atoms with E-state index in [9.17, 15) is 0 Å². The minimum absolute atomic E-state index is 0.691. The van der Waals surface area contributed by atoms with Crippen molar-refractivity contribution >= 4 is 5.69 Å². The van der Waals surface area contributed by atoms with Crippen molar-refractivity contribution in [2.24, 2.45) is 17.8 Å². The first-order chi connectivity index (χ1) is 10.3. The molecule has 0 aromatic heterocycles. The third kappa shape index (κ3) is 2.70. The molecule has 2 aliphatic carbocycles. The van der Waals surface area contributed by atoms with E-state index in [1.165, 1.54) is 56.3 Å². The summed E-state index contributed by atoms with van der Waals surface area (Å²) in [6.45, 7) is 2.43. The molecule has 0 saturated heterocycles. The molecule has 2 fully saturated rings. The second kappa shape index (κ2) is 5.64. The van der Waals surface area contributed by atoms with Crippen LogP contribution in [0.5, 0.6) is 0 Å². The highest BCUT2D eigenvalue weighted by Crippen LogP contribution is 2.48. The highest BCUT2D eigenvalue weighted by atomic mass is 15.2. The van der Waals surface area contributed by atoms with Crippen molar-refractivity contribution in [1.29, 1.82) is 0 Å². The third-order valence-electron chi connectivity index (χ3n) is 6.32. The van der Waals surface area contributed by atoms with Crippen molar-refractivity contribution in [3.8, 4) is 0 Å². The second-order valence-corrected chi connectivity index (χ2v) is 7.61. The first-order valence-corrected chi connectivity index (χ1v) is 8.81. The van der Waals surface area contributed by atoms with Crippen LogP contribution >= 0.6 is 0 Å². The Hall–Kier alpha value is -1.02.